The molecule has 0 heterocycles. The van der Waals surface area contributed by atoms with Crippen molar-refractivity contribution < 1.29 is 28.6 Å². The Morgan fingerprint density at radius 2 is 0.581 bits per heavy atom. The zero-order valence-electron chi connectivity index (χ0n) is 41.7. The summed E-state index contributed by atoms with van der Waals surface area (Å²) < 4.78 is 16.8. The van der Waals surface area contributed by atoms with E-state index in [1.165, 1.54) is 180 Å². The van der Waals surface area contributed by atoms with E-state index in [0.29, 0.717) is 19.3 Å². The molecule has 0 bridgehead atoms. The maximum Gasteiger partial charge on any atom is 0.306 e. The molecular weight excluding hydrogens is 769 g/mol. The van der Waals surface area contributed by atoms with E-state index in [2.05, 4.69) is 45.1 Å². The third-order valence-electron chi connectivity index (χ3n) is 12.2. The van der Waals surface area contributed by atoms with Crippen molar-refractivity contribution in [1.82, 2.24) is 0 Å². The Balaban J connectivity index is 4.34. The lowest BCUT2D eigenvalue weighted by Gasteiger charge is -2.18. The summed E-state index contributed by atoms with van der Waals surface area (Å²) in [5, 5.41) is 0. The van der Waals surface area contributed by atoms with Gasteiger partial charge < -0.3 is 14.2 Å². The van der Waals surface area contributed by atoms with Gasteiger partial charge in [0.2, 0.25) is 0 Å². The molecule has 0 unspecified atom stereocenters. The molecular formula is C56H104O6. The van der Waals surface area contributed by atoms with Gasteiger partial charge in [-0.2, -0.15) is 0 Å². The summed E-state index contributed by atoms with van der Waals surface area (Å²) in [6.45, 7) is 6.64. The molecule has 0 radical (unpaired) electrons. The third kappa shape index (κ3) is 48.9. The molecule has 0 fully saturated rings. The minimum Gasteiger partial charge on any atom is -0.462 e. The van der Waals surface area contributed by atoms with Gasteiger partial charge in [0, 0.05) is 19.3 Å². The van der Waals surface area contributed by atoms with Gasteiger partial charge in [-0.15, -0.1) is 0 Å². The van der Waals surface area contributed by atoms with Gasteiger partial charge in [0.25, 0.3) is 0 Å². The fourth-order valence-electron chi connectivity index (χ4n) is 8.06. The first-order valence-corrected chi connectivity index (χ1v) is 27.3. The van der Waals surface area contributed by atoms with Crippen molar-refractivity contribution >= 4 is 17.9 Å². The van der Waals surface area contributed by atoms with E-state index in [9.17, 15) is 14.4 Å². The molecule has 1 atom stereocenters. The Kier molecular flexibility index (Phi) is 49.8. The highest BCUT2D eigenvalue weighted by Crippen LogP contribution is 2.16. The molecule has 0 aliphatic rings. The molecule has 0 aromatic carbocycles. The second kappa shape index (κ2) is 51.5. The van der Waals surface area contributed by atoms with Crippen LogP contribution in [0.3, 0.4) is 0 Å². The Bertz CT molecular complexity index is 1000. The molecule has 364 valence electrons. The van der Waals surface area contributed by atoms with Crippen LogP contribution in [0.15, 0.2) is 24.3 Å². The fourth-order valence-corrected chi connectivity index (χ4v) is 8.06. The fraction of sp³-hybridized carbons (Fsp3) is 0.875. The van der Waals surface area contributed by atoms with Gasteiger partial charge in [-0.05, 0) is 51.4 Å². The van der Waals surface area contributed by atoms with Crippen LogP contribution in [0.4, 0.5) is 0 Å². The minimum absolute atomic E-state index is 0.0704. The van der Waals surface area contributed by atoms with Crippen LogP contribution in [0, 0.1) is 0 Å². The maximum absolute atomic E-state index is 12.8. The number of hydrogen-bond acceptors (Lipinski definition) is 6. The number of carbonyl (C=O) groups is 3. The number of hydrogen-bond donors (Lipinski definition) is 0. The van der Waals surface area contributed by atoms with Gasteiger partial charge in [0.1, 0.15) is 13.2 Å². The smallest absolute Gasteiger partial charge is 0.306 e. The van der Waals surface area contributed by atoms with Gasteiger partial charge >= 0.3 is 17.9 Å². The molecule has 0 saturated carbocycles. The van der Waals surface area contributed by atoms with Crippen molar-refractivity contribution in [3.8, 4) is 0 Å². The van der Waals surface area contributed by atoms with Crippen LogP contribution in [0.1, 0.15) is 297 Å². The monoisotopic (exact) mass is 873 g/mol. The molecule has 0 N–H and O–H groups in total. The number of ether oxygens (including phenoxy) is 3. The first kappa shape index (κ1) is 59.9. The van der Waals surface area contributed by atoms with E-state index in [0.717, 1.165) is 77.0 Å². The quantitative estimate of drug-likeness (QED) is 0.0262. The molecule has 0 spiro atoms. The summed E-state index contributed by atoms with van der Waals surface area (Å²) in [6, 6.07) is 0. The topological polar surface area (TPSA) is 78.9 Å². The average molecular weight is 873 g/mol. The zero-order chi connectivity index (χ0) is 45.1. The van der Waals surface area contributed by atoms with Crippen LogP contribution in [0.25, 0.3) is 0 Å². The van der Waals surface area contributed by atoms with E-state index in [-0.39, 0.29) is 31.1 Å². The molecule has 0 rings (SSSR count). The minimum atomic E-state index is -0.771. The summed E-state index contributed by atoms with van der Waals surface area (Å²) in [7, 11) is 0. The van der Waals surface area contributed by atoms with Gasteiger partial charge in [0.05, 0.1) is 0 Å². The molecule has 6 nitrogen and oxygen atoms in total. The summed E-state index contributed by atoms with van der Waals surface area (Å²) in [5.74, 6) is -0.867. The predicted molar refractivity (Wildman–Crippen MR) is 266 cm³/mol. The molecule has 0 aliphatic heterocycles. The molecule has 0 aromatic heterocycles. The highest BCUT2D eigenvalue weighted by Gasteiger charge is 2.19. The number of unbranched alkanes of at least 4 members (excludes halogenated alkanes) is 35. The number of carbonyl (C=O) groups excluding carboxylic acids is 3. The predicted octanol–water partition coefficient (Wildman–Crippen LogP) is 17.9. The highest BCUT2D eigenvalue weighted by atomic mass is 16.6. The first-order chi connectivity index (χ1) is 30.5. The lowest BCUT2D eigenvalue weighted by atomic mass is 10.0. The van der Waals surface area contributed by atoms with Crippen molar-refractivity contribution in [1.29, 1.82) is 0 Å². The summed E-state index contributed by atoms with van der Waals surface area (Å²) >= 11 is 0. The van der Waals surface area contributed by atoms with E-state index in [1.807, 2.05) is 0 Å². The van der Waals surface area contributed by atoms with E-state index >= 15 is 0 Å². The molecule has 0 aromatic rings. The maximum atomic E-state index is 12.8. The van der Waals surface area contributed by atoms with Crippen molar-refractivity contribution in [3.63, 3.8) is 0 Å². The van der Waals surface area contributed by atoms with Crippen LogP contribution in [-0.2, 0) is 28.6 Å². The third-order valence-corrected chi connectivity index (χ3v) is 12.2. The molecule has 6 heteroatoms. The standard InChI is InChI=1S/C56H104O6/c1-4-7-10-13-16-19-22-25-27-29-32-34-37-40-43-46-49-55(58)61-52-53(62-56(59)50-47-44-41-38-35-30-24-21-18-15-12-9-6-3)51-60-54(57)48-45-42-39-36-33-31-28-26-23-20-17-14-11-8-5-2/h17,20,26,28,53H,4-16,18-19,21-25,27,29-52H2,1-3H3/b20-17-,28-26-/t53-/m1/s1. The first-order valence-electron chi connectivity index (χ1n) is 27.3. The Morgan fingerprint density at radius 3 is 0.919 bits per heavy atom. The van der Waals surface area contributed by atoms with Gasteiger partial charge in [-0.3, -0.25) is 14.4 Å². The molecule has 0 amide bonds. The van der Waals surface area contributed by atoms with Crippen molar-refractivity contribution in [3.05, 3.63) is 24.3 Å². The lowest BCUT2D eigenvalue weighted by Crippen LogP contribution is -2.30. The van der Waals surface area contributed by atoms with Crippen molar-refractivity contribution in [2.24, 2.45) is 0 Å². The van der Waals surface area contributed by atoms with Crippen LogP contribution in [0.5, 0.6) is 0 Å². The van der Waals surface area contributed by atoms with Gasteiger partial charge in [0.15, 0.2) is 6.10 Å². The lowest BCUT2D eigenvalue weighted by molar-refractivity contribution is -0.167. The van der Waals surface area contributed by atoms with Gasteiger partial charge in [-0.25, -0.2) is 0 Å². The second-order valence-corrected chi connectivity index (χ2v) is 18.5. The average Bonchev–Trinajstić information content (AvgIpc) is 3.27. The van der Waals surface area contributed by atoms with Crippen LogP contribution in [-0.4, -0.2) is 37.2 Å². The van der Waals surface area contributed by atoms with Crippen molar-refractivity contribution in [2.45, 2.75) is 303 Å². The summed E-state index contributed by atoms with van der Waals surface area (Å²) in [4.78, 5) is 38.0. The number of rotatable bonds is 50. The summed E-state index contributed by atoms with van der Waals surface area (Å²) in [5.41, 5.74) is 0. The van der Waals surface area contributed by atoms with Crippen LogP contribution in [0.2, 0.25) is 0 Å². The van der Waals surface area contributed by atoms with E-state index < -0.39 is 6.10 Å². The SMILES string of the molecule is CCCCC/C=C\C/C=C\CCCCCCCC(=O)OC[C@H](COC(=O)CCCCCCCCCCCCCCCCCC)OC(=O)CCCCCCCCCCCCCCC. The van der Waals surface area contributed by atoms with Crippen molar-refractivity contribution in [2.75, 3.05) is 13.2 Å². The molecule has 0 aliphatic carbocycles. The summed E-state index contributed by atoms with van der Waals surface area (Å²) in [6.07, 6.45) is 58.7. The Labute approximate surface area is 385 Å². The van der Waals surface area contributed by atoms with E-state index in [4.69, 9.17) is 14.2 Å². The second-order valence-electron chi connectivity index (χ2n) is 18.5. The van der Waals surface area contributed by atoms with E-state index in [1.54, 1.807) is 0 Å². The Morgan fingerprint density at radius 1 is 0.323 bits per heavy atom. The number of esters is 3. The Hall–Kier alpha value is -2.11. The van der Waals surface area contributed by atoms with Crippen LogP contribution >= 0.6 is 0 Å². The molecule has 62 heavy (non-hydrogen) atoms. The largest absolute Gasteiger partial charge is 0.462 e. The normalized spacial score (nSPS) is 12.1. The highest BCUT2D eigenvalue weighted by molar-refractivity contribution is 5.71. The van der Waals surface area contributed by atoms with Gasteiger partial charge in [-0.1, -0.05) is 251 Å². The molecule has 0 saturated heterocycles. The number of allylic oxidation sites excluding steroid dienone is 4. The zero-order valence-corrected chi connectivity index (χ0v) is 41.7. The van der Waals surface area contributed by atoms with Crippen LogP contribution < -0.4 is 0 Å².